The Labute approximate surface area is 153 Å². The molecule has 2 N–H and O–H groups in total. The van der Waals surface area contributed by atoms with Crippen molar-refractivity contribution in [2.75, 3.05) is 18.4 Å². The summed E-state index contributed by atoms with van der Waals surface area (Å²) in [6.07, 6.45) is 8.42. The van der Waals surface area contributed by atoms with Crippen LogP contribution in [0, 0.1) is 0 Å². The van der Waals surface area contributed by atoms with E-state index in [1.54, 1.807) is 0 Å². The van der Waals surface area contributed by atoms with Crippen molar-refractivity contribution in [2.24, 2.45) is 0 Å². The fourth-order valence-electron chi connectivity index (χ4n) is 3.56. The van der Waals surface area contributed by atoms with Crippen LogP contribution in [0.3, 0.4) is 0 Å². The predicted octanol–water partition coefficient (Wildman–Crippen LogP) is 4.19. The summed E-state index contributed by atoms with van der Waals surface area (Å²) in [5.41, 5.74) is 3.89. The Hall–Kier alpha value is -2.82. The van der Waals surface area contributed by atoms with Gasteiger partial charge in [0.25, 0.3) is 5.91 Å². The molecule has 26 heavy (non-hydrogen) atoms. The van der Waals surface area contributed by atoms with E-state index in [-0.39, 0.29) is 5.91 Å². The van der Waals surface area contributed by atoms with Gasteiger partial charge in [-0.25, -0.2) is 4.98 Å². The number of aromatic amines is 1. The number of nitrogens with one attached hydrogen (secondary N) is 2. The summed E-state index contributed by atoms with van der Waals surface area (Å²) in [6.45, 7) is 2.48. The van der Waals surface area contributed by atoms with Gasteiger partial charge in [0, 0.05) is 48.7 Å². The second kappa shape index (κ2) is 7.60. The SMILES string of the molecule is O=C(c1ccc(NCc2ccnc3[nH]ccc23)cc1)N1CCCCCC1. The van der Waals surface area contributed by atoms with Crippen molar-refractivity contribution in [2.45, 2.75) is 32.2 Å². The molecule has 3 heterocycles. The minimum absolute atomic E-state index is 0.154. The van der Waals surface area contributed by atoms with E-state index in [1.165, 1.54) is 18.4 Å². The maximum atomic E-state index is 12.7. The van der Waals surface area contributed by atoms with Crippen LogP contribution in [0.2, 0.25) is 0 Å². The maximum Gasteiger partial charge on any atom is 0.253 e. The normalized spacial score (nSPS) is 15.0. The molecule has 1 aliphatic heterocycles. The molecule has 0 atom stereocenters. The second-order valence-corrected chi connectivity index (χ2v) is 6.85. The molecule has 0 unspecified atom stereocenters. The number of hydrogen-bond donors (Lipinski definition) is 2. The molecule has 1 aromatic carbocycles. The number of hydrogen-bond acceptors (Lipinski definition) is 3. The van der Waals surface area contributed by atoms with Crippen molar-refractivity contribution in [1.29, 1.82) is 0 Å². The van der Waals surface area contributed by atoms with Gasteiger partial charge in [0.05, 0.1) is 0 Å². The van der Waals surface area contributed by atoms with Gasteiger partial charge in [-0.1, -0.05) is 12.8 Å². The predicted molar refractivity (Wildman–Crippen MR) is 104 cm³/mol. The molecule has 0 bridgehead atoms. The van der Waals surface area contributed by atoms with Crippen LogP contribution in [0.25, 0.3) is 11.0 Å². The Morgan fingerprint density at radius 1 is 1.04 bits per heavy atom. The van der Waals surface area contributed by atoms with Gasteiger partial charge in [-0.3, -0.25) is 4.79 Å². The Morgan fingerprint density at radius 3 is 2.58 bits per heavy atom. The molecule has 134 valence electrons. The first kappa shape index (κ1) is 16.6. The van der Waals surface area contributed by atoms with Crippen LogP contribution in [0.1, 0.15) is 41.6 Å². The van der Waals surface area contributed by atoms with Gasteiger partial charge >= 0.3 is 0 Å². The summed E-state index contributed by atoms with van der Waals surface area (Å²) in [6, 6.07) is 11.9. The monoisotopic (exact) mass is 348 g/mol. The topological polar surface area (TPSA) is 61.0 Å². The van der Waals surface area contributed by atoms with E-state index in [1.807, 2.05) is 53.7 Å². The molecule has 2 aromatic heterocycles. The lowest BCUT2D eigenvalue weighted by Crippen LogP contribution is -2.31. The lowest BCUT2D eigenvalue weighted by atomic mass is 10.1. The van der Waals surface area contributed by atoms with Gasteiger partial charge in [-0.2, -0.15) is 0 Å². The Morgan fingerprint density at radius 2 is 1.81 bits per heavy atom. The largest absolute Gasteiger partial charge is 0.381 e. The molecule has 1 aliphatic rings. The zero-order valence-corrected chi connectivity index (χ0v) is 14.9. The molecular formula is C21H24N4O. The summed E-state index contributed by atoms with van der Waals surface area (Å²) < 4.78 is 0. The standard InChI is InChI=1S/C21H24N4O/c26-21(25-13-3-1-2-4-14-25)16-5-7-18(8-6-16)24-15-17-9-11-22-20-19(17)10-12-23-20/h5-12,24H,1-4,13-15H2,(H,22,23). The Bertz CT molecular complexity index is 876. The summed E-state index contributed by atoms with van der Waals surface area (Å²) in [5.74, 6) is 0.154. The number of aromatic nitrogens is 2. The minimum atomic E-state index is 0.154. The fraction of sp³-hybridized carbons (Fsp3) is 0.333. The quantitative estimate of drug-likeness (QED) is 0.743. The van der Waals surface area contributed by atoms with E-state index < -0.39 is 0 Å². The van der Waals surface area contributed by atoms with Crippen molar-refractivity contribution < 1.29 is 4.79 Å². The molecule has 4 rings (SSSR count). The highest BCUT2D eigenvalue weighted by molar-refractivity contribution is 5.94. The molecule has 0 spiro atoms. The van der Waals surface area contributed by atoms with Crippen LogP contribution in [-0.2, 0) is 6.54 Å². The fourth-order valence-corrected chi connectivity index (χ4v) is 3.56. The van der Waals surface area contributed by atoms with Gasteiger partial charge in [0.15, 0.2) is 0 Å². The van der Waals surface area contributed by atoms with E-state index in [2.05, 4.69) is 15.3 Å². The minimum Gasteiger partial charge on any atom is -0.381 e. The number of carbonyl (C=O) groups excluding carboxylic acids is 1. The van der Waals surface area contributed by atoms with Crippen molar-refractivity contribution in [3.8, 4) is 0 Å². The molecule has 0 aliphatic carbocycles. The second-order valence-electron chi connectivity index (χ2n) is 6.85. The summed E-state index contributed by atoms with van der Waals surface area (Å²) >= 11 is 0. The van der Waals surface area contributed by atoms with Gasteiger partial charge in [-0.15, -0.1) is 0 Å². The van der Waals surface area contributed by atoms with E-state index in [0.717, 1.165) is 54.8 Å². The van der Waals surface area contributed by atoms with Crippen LogP contribution in [0.15, 0.2) is 48.8 Å². The smallest absolute Gasteiger partial charge is 0.253 e. The third-order valence-corrected chi connectivity index (χ3v) is 5.06. The molecule has 5 nitrogen and oxygen atoms in total. The first-order chi connectivity index (χ1) is 12.8. The number of anilines is 1. The number of likely N-dealkylation sites (tertiary alicyclic amines) is 1. The number of H-pyrrole nitrogens is 1. The zero-order valence-electron chi connectivity index (χ0n) is 14.9. The number of nitrogens with zero attached hydrogens (tertiary/aromatic N) is 2. The van der Waals surface area contributed by atoms with Crippen molar-refractivity contribution in [3.63, 3.8) is 0 Å². The van der Waals surface area contributed by atoms with Gasteiger partial charge in [-0.05, 0) is 54.8 Å². The summed E-state index contributed by atoms with van der Waals surface area (Å²) in [4.78, 5) is 22.1. The van der Waals surface area contributed by atoms with Gasteiger partial charge in [0.2, 0.25) is 0 Å². The molecule has 1 amide bonds. The molecule has 5 heteroatoms. The number of amides is 1. The number of pyridine rings is 1. The van der Waals surface area contributed by atoms with Crippen LogP contribution in [-0.4, -0.2) is 33.9 Å². The summed E-state index contributed by atoms with van der Waals surface area (Å²) in [7, 11) is 0. The van der Waals surface area contributed by atoms with Crippen molar-refractivity contribution >= 4 is 22.6 Å². The summed E-state index contributed by atoms with van der Waals surface area (Å²) in [5, 5.41) is 4.56. The van der Waals surface area contributed by atoms with E-state index in [0.29, 0.717) is 0 Å². The third kappa shape index (κ3) is 3.57. The van der Waals surface area contributed by atoms with Crippen LogP contribution >= 0.6 is 0 Å². The maximum absolute atomic E-state index is 12.7. The Kier molecular flexibility index (Phi) is 4.86. The molecule has 1 fully saturated rings. The van der Waals surface area contributed by atoms with E-state index >= 15 is 0 Å². The average Bonchev–Trinajstić information content (AvgIpc) is 3.00. The number of carbonyl (C=O) groups is 1. The van der Waals surface area contributed by atoms with Crippen LogP contribution < -0.4 is 5.32 Å². The highest BCUT2D eigenvalue weighted by Crippen LogP contribution is 2.19. The third-order valence-electron chi connectivity index (χ3n) is 5.06. The lowest BCUT2D eigenvalue weighted by Gasteiger charge is -2.20. The van der Waals surface area contributed by atoms with E-state index in [4.69, 9.17) is 0 Å². The number of benzene rings is 1. The molecule has 1 saturated heterocycles. The number of fused-ring (bicyclic) bond motifs is 1. The van der Waals surface area contributed by atoms with Crippen LogP contribution in [0.5, 0.6) is 0 Å². The van der Waals surface area contributed by atoms with Crippen molar-refractivity contribution in [1.82, 2.24) is 14.9 Å². The van der Waals surface area contributed by atoms with Crippen LogP contribution in [0.4, 0.5) is 5.69 Å². The highest BCUT2D eigenvalue weighted by atomic mass is 16.2. The molecule has 3 aromatic rings. The highest BCUT2D eigenvalue weighted by Gasteiger charge is 2.17. The van der Waals surface area contributed by atoms with Gasteiger partial charge in [0.1, 0.15) is 5.65 Å². The zero-order chi connectivity index (χ0) is 17.8. The average molecular weight is 348 g/mol. The Balaban J connectivity index is 1.41. The van der Waals surface area contributed by atoms with Crippen molar-refractivity contribution in [3.05, 3.63) is 59.9 Å². The van der Waals surface area contributed by atoms with Gasteiger partial charge < -0.3 is 15.2 Å². The molecule has 0 radical (unpaired) electrons. The lowest BCUT2D eigenvalue weighted by molar-refractivity contribution is 0.0761. The first-order valence-corrected chi connectivity index (χ1v) is 9.35. The molecular weight excluding hydrogens is 324 g/mol. The first-order valence-electron chi connectivity index (χ1n) is 9.35. The molecule has 0 saturated carbocycles. The van der Waals surface area contributed by atoms with E-state index in [9.17, 15) is 4.79 Å². The number of rotatable bonds is 4.